The first-order chi connectivity index (χ1) is 11.2. The maximum absolute atomic E-state index is 12.0. The molecule has 1 N–H and O–H groups in total. The monoisotopic (exact) mass is 319 g/mol. The highest BCUT2D eigenvalue weighted by Gasteiger charge is 2.11. The molecule has 0 saturated carbocycles. The number of morpholine rings is 1. The van der Waals surface area contributed by atoms with Crippen molar-refractivity contribution in [2.45, 2.75) is 26.3 Å². The van der Waals surface area contributed by atoms with Crippen LogP contribution in [0.15, 0.2) is 24.3 Å². The Balaban J connectivity index is 1.76. The predicted octanol–water partition coefficient (Wildman–Crippen LogP) is 2.19. The number of hydrogen-bond acceptors (Lipinski definition) is 4. The molecule has 1 fully saturated rings. The van der Waals surface area contributed by atoms with Crippen molar-refractivity contribution in [3.8, 4) is 0 Å². The van der Waals surface area contributed by atoms with Gasteiger partial charge >= 0.3 is 0 Å². The van der Waals surface area contributed by atoms with Crippen LogP contribution in [0.1, 0.15) is 25.3 Å². The molecule has 1 aliphatic heterocycles. The van der Waals surface area contributed by atoms with Crippen LogP contribution in [0.5, 0.6) is 0 Å². The number of rotatable bonds is 8. The maximum atomic E-state index is 12.0. The van der Waals surface area contributed by atoms with E-state index in [9.17, 15) is 4.79 Å². The Morgan fingerprint density at radius 3 is 2.61 bits per heavy atom. The molecule has 5 nitrogen and oxygen atoms in total. The minimum Gasteiger partial charge on any atom is -0.379 e. The Morgan fingerprint density at radius 2 is 1.96 bits per heavy atom. The lowest BCUT2D eigenvalue weighted by Gasteiger charge is -2.26. The summed E-state index contributed by atoms with van der Waals surface area (Å²) < 4.78 is 5.36. The summed E-state index contributed by atoms with van der Waals surface area (Å²) >= 11 is 0. The molecule has 23 heavy (non-hydrogen) atoms. The van der Waals surface area contributed by atoms with Gasteiger partial charge in [-0.2, -0.15) is 0 Å². The molecular weight excluding hydrogens is 290 g/mol. The van der Waals surface area contributed by atoms with Gasteiger partial charge in [0.05, 0.1) is 19.8 Å². The molecule has 128 valence electrons. The van der Waals surface area contributed by atoms with Crippen LogP contribution in [0.4, 0.5) is 5.69 Å². The number of carbonyl (C=O) groups is 1. The van der Waals surface area contributed by atoms with Crippen molar-refractivity contribution in [2.24, 2.45) is 0 Å². The minimum atomic E-state index is 0.0459. The van der Waals surface area contributed by atoms with E-state index in [4.69, 9.17) is 4.74 Å². The van der Waals surface area contributed by atoms with Crippen molar-refractivity contribution in [2.75, 3.05) is 51.8 Å². The van der Waals surface area contributed by atoms with Gasteiger partial charge in [-0.25, -0.2) is 0 Å². The third-order valence-corrected chi connectivity index (χ3v) is 4.05. The van der Waals surface area contributed by atoms with Gasteiger partial charge in [0.15, 0.2) is 0 Å². The van der Waals surface area contributed by atoms with Gasteiger partial charge in [0, 0.05) is 25.3 Å². The fraction of sp³-hybridized carbons (Fsp3) is 0.611. The van der Waals surface area contributed by atoms with Gasteiger partial charge in [0.25, 0.3) is 0 Å². The van der Waals surface area contributed by atoms with Crippen LogP contribution in [0.3, 0.4) is 0 Å². The second-order valence-electron chi connectivity index (χ2n) is 6.22. The molecule has 0 radical (unpaired) electrons. The SMILES string of the molecule is CCCCN(C)CC(=O)Nc1ccc(CN2CCOCC2)cc1. The summed E-state index contributed by atoms with van der Waals surface area (Å²) in [6, 6.07) is 8.15. The first-order valence-corrected chi connectivity index (χ1v) is 8.55. The van der Waals surface area contributed by atoms with Crippen LogP contribution < -0.4 is 5.32 Å². The Labute approximate surface area is 139 Å². The summed E-state index contributed by atoms with van der Waals surface area (Å²) in [6.45, 7) is 8.12. The second-order valence-corrected chi connectivity index (χ2v) is 6.22. The summed E-state index contributed by atoms with van der Waals surface area (Å²) in [5, 5.41) is 2.97. The average Bonchev–Trinajstić information content (AvgIpc) is 2.55. The van der Waals surface area contributed by atoms with Crippen LogP contribution in [0.2, 0.25) is 0 Å². The minimum absolute atomic E-state index is 0.0459. The number of ether oxygens (including phenoxy) is 1. The summed E-state index contributed by atoms with van der Waals surface area (Å²) in [5.41, 5.74) is 2.13. The first-order valence-electron chi connectivity index (χ1n) is 8.55. The fourth-order valence-corrected chi connectivity index (χ4v) is 2.66. The molecule has 1 heterocycles. The van der Waals surface area contributed by atoms with Crippen molar-refractivity contribution < 1.29 is 9.53 Å². The summed E-state index contributed by atoms with van der Waals surface area (Å²) in [6.07, 6.45) is 2.27. The van der Waals surface area contributed by atoms with Crippen molar-refractivity contribution in [1.29, 1.82) is 0 Å². The van der Waals surface area contributed by atoms with Gasteiger partial charge in [-0.15, -0.1) is 0 Å². The normalized spacial score (nSPS) is 15.8. The van der Waals surface area contributed by atoms with E-state index in [0.717, 1.165) is 57.9 Å². The molecule has 2 rings (SSSR count). The standard InChI is InChI=1S/C18H29N3O2/c1-3-4-9-20(2)15-18(22)19-17-7-5-16(6-8-17)14-21-10-12-23-13-11-21/h5-8H,3-4,9-15H2,1-2H3,(H,19,22). The molecule has 1 saturated heterocycles. The Kier molecular flexibility index (Phi) is 7.52. The molecular formula is C18H29N3O2. The van der Waals surface area contributed by atoms with Crippen molar-refractivity contribution in [3.63, 3.8) is 0 Å². The summed E-state index contributed by atoms with van der Waals surface area (Å²) in [4.78, 5) is 16.5. The lowest BCUT2D eigenvalue weighted by atomic mass is 10.2. The Hall–Kier alpha value is -1.43. The van der Waals surface area contributed by atoms with Gasteiger partial charge in [0.2, 0.25) is 5.91 Å². The Morgan fingerprint density at radius 1 is 1.26 bits per heavy atom. The molecule has 0 unspecified atom stereocenters. The van der Waals surface area contributed by atoms with Gasteiger partial charge in [-0.1, -0.05) is 25.5 Å². The predicted molar refractivity (Wildman–Crippen MR) is 93.6 cm³/mol. The van der Waals surface area contributed by atoms with E-state index in [1.807, 2.05) is 19.2 Å². The molecule has 1 aliphatic rings. The zero-order valence-corrected chi connectivity index (χ0v) is 14.4. The number of benzene rings is 1. The molecule has 0 aromatic heterocycles. The Bertz CT molecular complexity index is 470. The van der Waals surface area contributed by atoms with E-state index < -0.39 is 0 Å². The van der Waals surface area contributed by atoms with Crippen LogP contribution in [0, 0.1) is 0 Å². The molecule has 5 heteroatoms. The smallest absolute Gasteiger partial charge is 0.238 e. The highest BCUT2D eigenvalue weighted by atomic mass is 16.5. The van der Waals surface area contributed by atoms with Crippen molar-refractivity contribution >= 4 is 11.6 Å². The molecule has 1 aromatic carbocycles. The molecule has 0 atom stereocenters. The quantitative estimate of drug-likeness (QED) is 0.798. The number of amides is 1. The number of anilines is 1. The average molecular weight is 319 g/mol. The first kappa shape index (κ1) is 17.9. The van der Waals surface area contributed by atoms with E-state index in [-0.39, 0.29) is 5.91 Å². The lowest BCUT2D eigenvalue weighted by molar-refractivity contribution is -0.117. The number of nitrogens with one attached hydrogen (secondary N) is 1. The van der Waals surface area contributed by atoms with E-state index in [1.54, 1.807) is 0 Å². The highest BCUT2D eigenvalue weighted by molar-refractivity contribution is 5.92. The number of nitrogens with zero attached hydrogens (tertiary/aromatic N) is 2. The summed E-state index contributed by atoms with van der Waals surface area (Å²) in [5.74, 6) is 0.0459. The molecule has 0 bridgehead atoms. The van der Waals surface area contributed by atoms with Crippen LogP contribution >= 0.6 is 0 Å². The zero-order valence-electron chi connectivity index (χ0n) is 14.4. The highest BCUT2D eigenvalue weighted by Crippen LogP contribution is 2.12. The van der Waals surface area contributed by atoms with Crippen LogP contribution in [-0.4, -0.2) is 62.1 Å². The lowest BCUT2D eigenvalue weighted by Crippen LogP contribution is -2.35. The third kappa shape index (κ3) is 6.69. The van der Waals surface area contributed by atoms with Gasteiger partial charge < -0.3 is 10.1 Å². The topological polar surface area (TPSA) is 44.8 Å². The maximum Gasteiger partial charge on any atom is 0.238 e. The van der Waals surface area contributed by atoms with Crippen LogP contribution in [0.25, 0.3) is 0 Å². The number of carbonyl (C=O) groups excluding carboxylic acids is 1. The van der Waals surface area contributed by atoms with Crippen molar-refractivity contribution in [1.82, 2.24) is 9.80 Å². The number of unbranched alkanes of at least 4 members (excludes halogenated alkanes) is 1. The fourth-order valence-electron chi connectivity index (χ4n) is 2.66. The molecule has 0 aliphatic carbocycles. The summed E-state index contributed by atoms with van der Waals surface area (Å²) in [7, 11) is 1.99. The van der Waals surface area contributed by atoms with E-state index in [0.29, 0.717) is 6.54 Å². The molecule has 0 spiro atoms. The molecule has 1 aromatic rings. The number of hydrogen-bond donors (Lipinski definition) is 1. The van der Waals surface area contributed by atoms with E-state index in [1.165, 1.54) is 5.56 Å². The van der Waals surface area contributed by atoms with Crippen LogP contribution in [-0.2, 0) is 16.1 Å². The van der Waals surface area contributed by atoms with Crippen molar-refractivity contribution in [3.05, 3.63) is 29.8 Å². The number of likely N-dealkylation sites (N-methyl/N-ethyl adjacent to an activating group) is 1. The second kappa shape index (κ2) is 9.65. The molecule has 1 amide bonds. The van der Waals surface area contributed by atoms with Gasteiger partial charge in [0.1, 0.15) is 0 Å². The van der Waals surface area contributed by atoms with Gasteiger partial charge in [-0.05, 0) is 37.7 Å². The van der Waals surface area contributed by atoms with E-state index >= 15 is 0 Å². The zero-order chi connectivity index (χ0) is 16.5. The van der Waals surface area contributed by atoms with E-state index in [2.05, 4.69) is 34.2 Å². The third-order valence-electron chi connectivity index (χ3n) is 4.05. The largest absolute Gasteiger partial charge is 0.379 e. The van der Waals surface area contributed by atoms with Gasteiger partial charge in [-0.3, -0.25) is 14.6 Å².